The molecule has 0 amide bonds. The molecule has 0 radical (unpaired) electrons. The Balaban J connectivity index is 2.40. The summed E-state index contributed by atoms with van der Waals surface area (Å²) in [4.78, 5) is 0. The van der Waals surface area contributed by atoms with Crippen molar-refractivity contribution < 1.29 is 0 Å². The molecule has 0 aliphatic carbocycles. The minimum atomic E-state index is 0.759. The Labute approximate surface area is 67.7 Å². The van der Waals surface area contributed by atoms with Gasteiger partial charge < -0.3 is 0 Å². The van der Waals surface area contributed by atoms with E-state index in [4.69, 9.17) is 0 Å². The molecule has 0 aromatic rings. The molecule has 10 heavy (non-hydrogen) atoms. The molecule has 60 valence electrons. The second kappa shape index (κ2) is 3.66. The smallest absolute Gasteiger partial charge is 0.0441 e. The van der Waals surface area contributed by atoms with Crippen LogP contribution in [0.5, 0.6) is 0 Å². The third-order valence-corrected chi connectivity index (χ3v) is 5.60. The monoisotopic (exact) mass is 159 g/mol. The van der Waals surface area contributed by atoms with Crippen molar-refractivity contribution in [3.8, 4) is 0 Å². The summed E-state index contributed by atoms with van der Waals surface area (Å²) in [5, 5.41) is 1.96. The number of hydrogen-bond acceptors (Lipinski definition) is 0. The van der Waals surface area contributed by atoms with Gasteiger partial charge in [0.1, 0.15) is 16.3 Å². The highest BCUT2D eigenvalue weighted by atomic mass is 32.2. The first-order valence-corrected chi connectivity index (χ1v) is 5.92. The van der Waals surface area contributed by atoms with E-state index in [1.807, 2.05) is 0 Å². The molecule has 1 saturated heterocycles. The standard InChI is InChI=1S/C9H19S/c1-8(2)10-7-5-4-6-9(10)3/h8-9H,4-7H2,1-3H3/q+1. The quantitative estimate of drug-likeness (QED) is 0.516. The maximum Gasteiger partial charge on any atom is 0.115 e. The van der Waals surface area contributed by atoms with Gasteiger partial charge in [-0.05, 0) is 50.9 Å². The molecule has 1 aliphatic rings. The molecule has 1 fully saturated rings. The van der Waals surface area contributed by atoms with Crippen LogP contribution < -0.4 is 0 Å². The maximum atomic E-state index is 2.43. The van der Waals surface area contributed by atoms with E-state index in [1.54, 1.807) is 0 Å². The summed E-state index contributed by atoms with van der Waals surface area (Å²) in [6.07, 6.45) is 4.46. The molecule has 0 saturated carbocycles. The molecule has 1 heteroatoms. The topological polar surface area (TPSA) is 0 Å². The van der Waals surface area contributed by atoms with E-state index < -0.39 is 0 Å². The maximum absolute atomic E-state index is 2.43. The van der Waals surface area contributed by atoms with Gasteiger partial charge in [0.2, 0.25) is 0 Å². The van der Waals surface area contributed by atoms with Gasteiger partial charge in [-0.2, -0.15) is 0 Å². The minimum absolute atomic E-state index is 0.759. The molecule has 0 aromatic heterocycles. The highest BCUT2D eigenvalue weighted by Gasteiger charge is 2.32. The predicted molar refractivity (Wildman–Crippen MR) is 50.7 cm³/mol. The molecule has 1 heterocycles. The first-order chi connectivity index (χ1) is 4.72. The Hall–Kier alpha value is 0.350. The molecule has 0 bridgehead atoms. The van der Waals surface area contributed by atoms with Gasteiger partial charge in [-0.3, -0.25) is 0 Å². The zero-order chi connectivity index (χ0) is 7.56. The van der Waals surface area contributed by atoms with Gasteiger partial charge in [-0.25, -0.2) is 0 Å². The predicted octanol–water partition coefficient (Wildman–Crippen LogP) is 2.59. The zero-order valence-electron chi connectivity index (χ0n) is 7.39. The zero-order valence-corrected chi connectivity index (χ0v) is 8.21. The molecule has 0 N–H and O–H groups in total. The van der Waals surface area contributed by atoms with Gasteiger partial charge in [-0.15, -0.1) is 0 Å². The van der Waals surface area contributed by atoms with Crippen LogP contribution in [0.25, 0.3) is 0 Å². The Morgan fingerprint density at radius 1 is 1.30 bits per heavy atom. The second-order valence-electron chi connectivity index (χ2n) is 3.53. The van der Waals surface area contributed by atoms with Crippen molar-refractivity contribution in [2.45, 2.75) is 50.5 Å². The summed E-state index contributed by atoms with van der Waals surface area (Å²) in [5.41, 5.74) is 0. The lowest BCUT2D eigenvalue weighted by Gasteiger charge is -2.23. The largest absolute Gasteiger partial charge is 0.115 e. The van der Waals surface area contributed by atoms with Gasteiger partial charge in [-0.1, -0.05) is 0 Å². The van der Waals surface area contributed by atoms with E-state index in [2.05, 4.69) is 20.8 Å². The Bertz CT molecular complexity index is 98.9. The van der Waals surface area contributed by atoms with Crippen LogP contribution in [0.15, 0.2) is 0 Å². The third-order valence-electron chi connectivity index (χ3n) is 2.36. The van der Waals surface area contributed by atoms with E-state index in [1.165, 1.54) is 25.0 Å². The minimum Gasteiger partial charge on any atom is -0.0441 e. The normalized spacial score (nSPS) is 34.8. The summed E-state index contributed by atoms with van der Waals surface area (Å²) >= 11 is 0. The van der Waals surface area contributed by atoms with E-state index in [0.717, 1.165) is 21.4 Å². The molecule has 1 rings (SSSR count). The molecule has 2 atom stereocenters. The van der Waals surface area contributed by atoms with Crippen molar-refractivity contribution >= 4 is 10.9 Å². The van der Waals surface area contributed by atoms with Crippen LogP contribution in [0, 0.1) is 0 Å². The van der Waals surface area contributed by atoms with Crippen molar-refractivity contribution in [3.63, 3.8) is 0 Å². The molecule has 0 spiro atoms. The molecule has 0 aromatic carbocycles. The molecular formula is C9H19S+. The molecular weight excluding hydrogens is 140 g/mol. The number of hydrogen-bond donors (Lipinski definition) is 0. The lowest BCUT2D eigenvalue weighted by Crippen LogP contribution is -2.32. The fraction of sp³-hybridized carbons (Fsp3) is 1.00. The van der Waals surface area contributed by atoms with Crippen LogP contribution in [-0.2, 0) is 10.9 Å². The summed E-state index contributed by atoms with van der Waals surface area (Å²) in [6, 6.07) is 0. The van der Waals surface area contributed by atoms with Crippen molar-refractivity contribution in [3.05, 3.63) is 0 Å². The van der Waals surface area contributed by atoms with Gasteiger partial charge in [0.05, 0.1) is 0 Å². The van der Waals surface area contributed by atoms with Crippen LogP contribution in [-0.4, -0.2) is 16.3 Å². The van der Waals surface area contributed by atoms with Crippen molar-refractivity contribution in [1.29, 1.82) is 0 Å². The highest BCUT2D eigenvalue weighted by molar-refractivity contribution is 7.98. The van der Waals surface area contributed by atoms with Crippen LogP contribution in [0.2, 0.25) is 0 Å². The fourth-order valence-electron chi connectivity index (χ4n) is 1.75. The van der Waals surface area contributed by atoms with E-state index >= 15 is 0 Å². The second-order valence-corrected chi connectivity index (χ2v) is 6.62. The van der Waals surface area contributed by atoms with Gasteiger partial charge >= 0.3 is 0 Å². The summed E-state index contributed by atoms with van der Waals surface area (Å²) < 4.78 is 0. The lowest BCUT2D eigenvalue weighted by molar-refractivity contribution is 0.679. The molecule has 2 unspecified atom stereocenters. The van der Waals surface area contributed by atoms with Crippen molar-refractivity contribution in [2.24, 2.45) is 0 Å². The first-order valence-electron chi connectivity index (χ1n) is 4.40. The Morgan fingerprint density at radius 3 is 2.40 bits per heavy atom. The summed E-state index contributed by atoms with van der Waals surface area (Å²) in [5.74, 6) is 1.51. The third kappa shape index (κ3) is 1.91. The summed E-state index contributed by atoms with van der Waals surface area (Å²) in [6.45, 7) is 7.19. The van der Waals surface area contributed by atoms with Crippen LogP contribution in [0.1, 0.15) is 40.0 Å². The van der Waals surface area contributed by atoms with Crippen molar-refractivity contribution in [2.75, 3.05) is 5.75 Å². The van der Waals surface area contributed by atoms with Gasteiger partial charge in [0, 0.05) is 0 Å². The Morgan fingerprint density at radius 2 is 2.00 bits per heavy atom. The Kier molecular flexibility index (Phi) is 3.09. The van der Waals surface area contributed by atoms with Crippen LogP contribution in [0.3, 0.4) is 0 Å². The number of rotatable bonds is 1. The van der Waals surface area contributed by atoms with Crippen molar-refractivity contribution in [1.82, 2.24) is 0 Å². The first kappa shape index (κ1) is 8.45. The average molecular weight is 159 g/mol. The summed E-state index contributed by atoms with van der Waals surface area (Å²) in [7, 11) is 0.759. The molecule has 1 aliphatic heterocycles. The van der Waals surface area contributed by atoms with Crippen LogP contribution in [0.4, 0.5) is 0 Å². The fourth-order valence-corrected chi connectivity index (χ4v) is 4.56. The van der Waals surface area contributed by atoms with Gasteiger partial charge in [0.25, 0.3) is 0 Å². The van der Waals surface area contributed by atoms with E-state index in [9.17, 15) is 0 Å². The SMILES string of the molecule is CC(C)[S+]1CCCCC1C. The molecule has 0 nitrogen and oxygen atoms in total. The lowest BCUT2D eigenvalue weighted by atomic mass is 10.2. The average Bonchev–Trinajstić information content (AvgIpc) is 1.88. The van der Waals surface area contributed by atoms with Gasteiger partial charge in [0.15, 0.2) is 0 Å². The highest BCUT2D eigenvalue weighted by Crippen LogP contribution is 2.24. The van der Waals surface area contributed by atoms with E-state index in [-0.39, 0.29) is 0 Å². The van der Waals surface area contributed by atoms with E-state index in [0.29, 0.717) is 0 Å². The van der Waals surface area contributed by atoms with Crippen LogP contribution >= 0.6 is 0 Å².